The summed E-state index contributed by atoms with van der Waals surface area (Å²) in [6.07, 6.45) is 3.07. The minimum atomic E-state index is -0.897. The zero-order valence-corrected chi connectivity index (χ0v) is 17.4. The van der Waals surface area contributed by atoms with E-state index in [1.807, 2.05) is 0 Å². The lowest BCUT2D eigenvalue weighted by Crippen LogP contribution is -2.65. The van der Waals surface area contributed by atoms with E-state index in [9.17, 15) is 9.90 Å². The minimum absolute atomic E-state index is 0.207. The van der Waals surface area contributed by atoms with Crippen molar-refractivity contribution in [2.24, 2.45) is 0 Å². The highest BCUT2D eigenvalue weighted by atomic mass is 16.7. The molecule has 1 fully saturated rings. The van der Waals surface area contributed by atoms with Gasteiger partial charge in [0.15, 0.2) is 6.29 Å². The molecule has 0 aromatic carbocycles. The predicted molar refractivity (Wildman–Crippen MR) is 104 cm³/mol. The number of hydrogen-bond acceptors (Lipinski definition) is 6. The molecular formula is C20H39NO6. The predicted octanol–water partition coefficient (Wildman–Crippen LogP) is 2.40. The van der Waals surface area contributed by atoms with E-state index in [1.165, 1.54) is 6.92 Å². The van der Waals surface area contributed by atoms with Crippen LogP contribution in [0.4, 0.5) is 0 Å². The van der Waals surface area contributed by atoms with E-state index in [1.54, 1.807) is 0 Å². The molecule has 1 rings (SSSR count). The number of rotatable bonds is 14. The van der Waals surface area contributed by atoms with Gasteiger partial charge in [-0.25, -0.2) is 0 Å². The molecule has 0 saturated carbocycles. The molecule has 0 unspecified atom stereocenters. The molecule has 1 amide bonds. The molecule has 0 bridgehead atoms. The molecule has 0 spiro atoms. The maximum absolute atomic E-state index is 11.7. The minimum Gasteiger partial charge on any atom is -0.388 e. The Hall–Kier alpha value is -0.730. The van der Waals surface area contributed by atoms with Gasteiger partial charge < -0.3 is 29.4 Å². The van der Waals surface area contributed by atoms with Crippen LogP contribution in [0.25, 0.3) is 0 Å². The highest BCUT2D eigenvalue weighted by Crippen LogP contribution is 2.25. The molecule has 27 heavy (non-hydrogen) atoms. The largest absolute Gasteiger partial charge is 0.388 e. The highest BCUT2D eigenvalue weighted by molar-refractivity contribution is 5.73. The second-order valence-electron chi connectivity index (χ2n) is 7.10. The third-order valence-electron chi connectivity index (χ3n) is 4.56. The number of amides is 1. The summed E-state index contributed by atoms with van der Waals surface area (Å²) in [4.78, 5) is 11.7. The van der Waals surface area contributed by atoms with E-state index in [0.717, 1.165) is 38.5 Å². The molecule has 7 nitrogen and oxygen atoms in total. The molecule has 0 aromatic heterocycles. The lowest BCUT2D eigenvalue weighted by molar-refractivity contribution is -0.279. The van der Waals surface area contributed by atoms with Crippen molar-refractivity contribution >= 4 is 5.91 Å². The van der Waals surface area contributed by atoms with Crippen molar-refractivity contribution in [3.05, 3.63) is 0 Å². The summed E-state index contributed by atoms with van der Waals surface area (Å²) in [6, 6.07) is -0.557. The molecule has 1 aliphatic rings. The Morgan fingerprint density at radius 1 is 1.00 bits per heavy atom. The van der Waals surface area contributed by atoms with E-state index in [0.29, 0.717) is 19.8 Å². The average Bonchev–Trinajstić information content (AvgIpc) is 2.63. The number of unbranched alkanes of at least 4 members (excludes halogenated alkanes) is 3. The number of aliphatic hydroxyl groups excluding tert-OH is 1. The van der Waals surface area contributed by atoms with Crippen molar-refractivity contribution in [1.82, 2.24) is 5.32 Å². The standard InChI is InChI=1S/C20H39NO6/c1-5-8-11-24-14-16-18(23)19(25-12-9-6-2)17(21-15(4)22)20(27-16)26-13-10-7-3/h16-20,23H,5-14H2,1-4H3,(H,21,22)/t16-,17+,18-,19-,20+/m1/s1. The lowest BCUT2D eigenvalue weighted by atomic mass is 9.96. The smallest absolute Gasteiger partial charge is 0.217 e. The van der Waals surface area contributed by atoms with Crippen molar-refractivity contribution < 1.29 is 28.8 Å². The fourth-order valence-corrected chi connectivity index (χ4v) is 2.94. The van der Waals surface area contributed by atoms with Gasteiger partial charge in [-0.15, -0.1) is 0 Å². The SMILES string of the molecule is CCCCOC[C@H]1O[C@H](OCCCC)[C@@H](NC(C)=O)[C@@H](OCCCC)[C@@H]1O. The first-order valence-electron chi connectivity index (χ1n) is 10.5. The van der Waals surface area contributed by atoms with Gasteiger partial charge in [-0.1, -0.05) is 40.0 Å². The van der Waals surface area contributed by atoms with Crippen LogP contribution >= 0.6 is 0 Å². The Kier molecular flexibility index (Phi) is 12.9. The summed E-state index contributed by atoms with van der Waals surface area (Å²) in [5.41, 5.74) is 0. The summed E-state index contributed by atoms with van der Waals surface area (Å²) in [6.45, 7) is 9.65. The van der Waals surface area contributed by atoms with Crippen LogP contribution in [0.2, 0.25) is 0 Å². The Labute approximate surface area is 164 Å². The number of hydrogen-bond donors (Lipinski definition) is 2. The van der Waals surface area contributed by atoms with E-state index in [4.69, 9.17) is 18.9 Å². The third-order valence-corrected chi connectivity index (χ3v) is 4.56. The molecule has 160 valence electrons. The summed E-state index contributed by atoms with van der Waals surface area (Å²) in [5, 5.41) is 13.7. The van der Waals surface area contributed by atoms with Crippen LogP contribution in [0.5, 0.6) is 0 Å². The number of aliphatic hydroxyl groups is 1. The number of carbonyl (C=O) groups is 1. The third kappa shape index (κ3) is 8.87. The molecule has 2 N–H and O–H groups in total. The second-order valence-corrected chi connectivity index (χ2v) is 7.10. The molecule has 1 saturated heterocycles. The van der Waals surface area contributed by atoms with Crippen LogP contribution < -0.4 is 5.32 Å². The zero-order valence-electron chi connectivity index (χ0n) is 17.4. The van der Waals surface area contributed by atoms with Crippen molar-refractivity contribution in [3.63, 3.8) is 0 Å². The summed E-state index contributed by atoms with van der Waals surface area (Å²) >= 11 is 0. The molecule has 7 heteroatoms. The van der Waals surface area contributed by atoms with Gasteiger partial charge in [-0.05, 0) is 19.3 Å². The van der Waals surface area contributed by atoms with E-state index in [2.05, 4.69) is 26.1 Å². The molecule has 5 atom stereocenters. The first kappa shape index (κ1) is 24.3. The van der Waals surface area contributed by atoms with E-state index < -0.39 is 30.6 Å². The van der Waals surface area contributed by atoms with Gasteiger partial charge >= 0.3 is 0 Å². The second kappa shape index (κ2) is 14.3. The number of ether oxygens (including phenoxy) is 4. The molecule has 1 aliphatic heterocycles. The van der Waals surface area contributed by atoms with Crippen LogP contribution in [-0.4, -0.2) is 68.1 Å². The Bertz CT molecular complexity index is 395. The summed E-state index contributed by atoms with van der Waals surface area (Å²) in [5.74, 6) is -0.207. The summed E-state index contributed by atoms with van der Waals surface area (Å²) < 4.78 is 23.5. The van der Waals surface area contributed by atoms with Crippen LogP contribution in [0.15, 0.2) is 0 Å². The number of carbonyl (C=O) groups excluding carboxylic acids is 1. The molecule has 1 heterocycles. The quantitative estimate of drug-likeness (QED) is 0.444. The number of nitrogens with one attached hydrogen (secondary N) is 1. The van der Waals surface area contributed by atoms with E-state index >= 15 is 0 Å². The lowest BCUT2D eigenvalue weighted by Gasteiger charge is -2.44. The maximum Gasteiger partial charge on any atom is 0.217 e. The molecule has 0 aliphatic carbocycles. The zero-order chi connectivity index (χ0) is 20.1. The van der Waals surface area contributed by atoms with E-state index in [-0.39, 0.29) is 12.5 Å². The van der Waals surface area contributed by atoms with Crippen LogP contribution in [-0.2, 0) is 23.7 Å². The topological polar surface area (TPSA) is 86.2 Å². The maximum atomic E-state index is 11.7. The average molecular weight is 390 g/mol. The van der Waals surface area contributed by atoms with Crippen molar-refractivity contribution in [1.29, 1.82) is 0 Å². The highest BCUT2D eigenvalue weighted by Gasteiger charge is 2.47. The van der Waals surface area contributed by atoms with Crippen molar-refractivity contribution in [2.75, 3.05) is 26.4 Å². The van der Waals surface area contributed by atoms with Gasteiger partial charge in [-0.2, -0.15) is 0 Å². The van der Waals surface area contributed by atoms with Crippen molar-refractivity contribution in [3.8, 4) is 0 Å². The van der Waals surface area contributed by atoms with Crippen LogP contribution in [0.3, 0.4) is 0 Å². The van der Waals surface area contributed by atoms with Gasteiger partial charge in [0.1, 0.15) is 24.4 Å². The fourth-order valence-electron chi connectivity index (χ4n) is 2.94. The van der Waals surface area contributed by atoms with Crippen LogP contribution in [0, 0.1) is 0 Å². The Balaban J connectivity index is 2.84. The monoisotopic (exact) mass is 389 g/mol. The van der Waals surface area contributed by atoms with Gasteiger partial charge in [0.25, 0.3) is 0 Å². The van der Waals surface area contributed by atoms with Crippen molar-refractivity contribution in [2.45, 2.75) is 96.9 Å². The summed E-state index contributed by atoms with van der Waals surface area (Å²) in [7, 11) is 0. The Morgan fingerprint density at radius 3 is 2.19 bits per heavy atom. The van der Waals surface area contributed by atoms with Crippen LogP contribution in [0.1, 0.15) is 66.2 Å². The molecule has 0 radical (unpaired) electrons. The normalized spacial score (nSPS) is 28.3. The van der Waals surface area contributed by atoms with Gasteiger partial charge in [0.05, 0.1) is 6.61 Å². The molecule has 0 aromatic rings. The molecular weight excluding hydrogens is 350 g/mol. The first-order valence-corrected chi connectivity index (χ1v) is 10.5. The van der Waals surface area contributed by atoms with Gasteiger partial charge in [0.2, 0.25) is 5.91 Å². The van der Waals surface area contributed by atoms with Gasteiger partial charge in [0, 0.05) is 26.7 Å². The first-order chi connectivity index (χ1) is 13.0. The fraction of sp³-hybridized carbons (Fsp3) is 0.950. The Morgan fingerprint density at radius 2 is 1.59 bits per heavy atom. The van der Waals surface area contributed by atoms with Gasteiger partial charge in [-0.3, -0.25) is 4.79 Å².